The number of hydrogen-bond acceptors (Lipinski definition) is 5. The first-order chi connectivity index (χ1) is 11.3. The second kappa shape index (κ2) is 6.10. The molecule has 2 aromatic rings. The molecule has 1 N–H and O–H groups in total. The fourth-order valence-electron chi connectivity index (χ4n) is 2.78. The SMILES string of the molecule is BCOc1c(Cl)ccc(Cl)c1C1=C(O)c2scnc2C(C)(C)C1=O. The Kier molecular flexibility index (Phi) is 4.40. The molecule has 1 aromatic carbocycles. The molecule has 0 amide bonds. The van der Waals surface area contributed by atoms with Crippen LogP contribution in [0.3, 0.4) is 0 Å². The number of nitrogens with zero attached hydrogens (tertiary/aromatic N) is 1. The predicted molar refractivity (Wildman–Crippen MR) is 100 cm³/mol. The molecule has 124 valence electrons. The van der Waals surface area contributed by atoms with Crippen molar-refractivity contribution in [2.24, 2.45) is 0 Å². The summed E-state index contributed by atoms with van der Waals surface area (Å²) in [5.41, 5.74) is 1.73. The quantitative estimate of drug-likeness (QED) is 0.823. The monoisotopic (exact) mass is 381 g/mol. The first-order valence-corrected chi connectivity index (χ1v) is 8.97. The molecule has 3 rings (SSSR count). The highest BCUT2D eigenvalue weighted by Crippen LogP contribution is 2.48. The number of halogens is 2. The van der Waals surface area contributed by atoms with Gasteiger partial charge in [-0.3, -0.25) is 4.79 Å². The van der Waals surface area contributed by atoms with Gasteiger partial charge >= 0.3 is 0 Å². The Hall–Kier alpha value is -1.50. The minimum absolute atomic E-state index is 0.118. The van der Waals surface area contributed by atoms with E-state index < -0.39 is 5.41 Å². The molecule has 4 nitrogen and oxygen atoms in total. The highest BCUT2D eigenvalue weighted by molar-refractivity contribution is 7.11. The van der Waals surface area contributed by atoms with Crippen LogP contribution in [0.15, 0.2) is 17.6 Å². The van der Waals surface area contributed by atoms with Gasteiger partial charge in [0.2, 0.25) is 0 Å². The maximum Gasteiger partial charge on any atom is 0.179 e. The highest BCUT2D eigenvalue weighted by Gasteiger charge is 2.44. The van der Waals surface area contributed by atoms with Gasteiger partial charge in [-0.05, 0) is 26.0 Å². The number of carbonyl (C=O) groups is 1. The van der Waals surface area contributed by atoms with Crippen molar-refractivity contribution in [3.8, 4) is 5.75 Å². The average molecular weight is 382 g/mol. The van der Waals surface area contributed by atoms with Crippen molar-refractivity contribution in [2.75, 3.05) is 6.51 Å². The summed E-state index contributed by atoms with van der Waals surface area (Å²) in [6, 6.07) is 3.19. The number of carbonyl (C=O) groups excluding carboxylic acids is 1. The summed E-state index contributed by atoms with van der Waals surface area (Å²) in [7, 11) is 1.81. The largest absolute Gasteiger partial charge is 0.506 e. The summed E-state index contributed by atoms with van der Waals surface area (Å²) < 4.78 is 5.61. The van der Waals surface area contributed by atoms with E-state index in [1.165, 1.54) is 11.3 Å². The molecule has 0 spiro atoms. The molecule has 0 fully saturated rings. The normalized spacial score (nSPS) is 16.2. The van der Waals surface area contributed by atoms with E-state index in [1.54, 1.807) is 31.5 Å². The third kappa shape index (κ3) is 2.44. The van der Waals surface area contributed by atoms with Crippen LogP contribution in [0.1, 0.15) is 30.0 Å². The number of ether oxygens (including phenoxy) is 1. The zero-order valence-corrected chi connectivity index (χ0v) is 15.6. The molecule has 24 heavy (non-hydrogen) atoms. The number of rotatable bonds is 3. The molecule has 0 saturated heterocycles. The lowest BCUT2D eigenvalue weighted by atomic mass is 9.74. The molecule has 1 heterocycles. The van der Waals surface area contributed by atoms with Crippen LogP contribution >= 0.6 is 34.5 Å². The van der Waals surface area contributed by atoms with Crippen LogP contribution in [0.2, 0.25) is 10.0 Å². The second-order valence-corrected chi connectivity index (χ2v) is 7.54. The van der Waals surface area contributed by atoms with E-state index in [0.717, 1.165) is 0 Å². The maximum atomic E-state index is 13.1. The molecular weight excluding hydrogens is 368 g/mol. The molecule has 0 bridgehead atoms. The Morgan fingerprint density at radius 3 is 2.67 bits per heavy atom. The number of aromatic nitrogens is 1. The van der Waals surface area contributed by atoms with Gasteiger partial charge in [0.1, 0.15) is 11.5 Å². The van der Waals surface area contributed by atoms with Gasteiger partial charge in [0.25, 0.3) is 0 Å². The predicted octanol–water partition coefficient (Wildman–Crippen LogP) is 3.71. The van der Waals surface area contributed by atoms with Gasteiger partial charge in [-0.2, -0.15) is 0 Å². The molecule has 0 unspecified atom stereocenters. The summed E-state index contributed by atoms with van der Waals surface area (Å²) in [4.78, 5) is 17.9. The van der Waals surface area contributed by atoms with E-state index in [9.17, 15) is 9.90 Å². The lowest BCUT2D eigenvalue weighted by Gasteiger charge is -2.30. The van der Waals surface area contributed by atoms with Crippen molar-refractivity contribution >= 4 is 59.5 Å². The van der Waals surface area contributed by atoms with Crippen LogP contribution in [-0.2, 0) is 10.2 Å². The number of fused-ring (bicyclic) bond motifs is 1. The molecular formula is C16H14BCl2NO3S. The van der Waals surface area contributed by atoms with E-state index >= 15 is 0 Å². The first-order valence-electron chi connectivity index (χ1n) is 7.34. The molecule has 1 aliphatic carbocycles. The lowest BCUT2D eigenvalue weighted by Crippen LogP contribution is -2.34. The Balaban J connectivity index is 2.37. The zero-order chi connectivity index (χ0) is 17.6. The number of benzene rings is 1. The van der Waals surface area contributed by atoms with Gasteiger partial charge in [-0.15, -0.1) is 11.3 Å². The van der Waals surface area contributed by atoms with E-state index in [0.29, 0.717) is 38.4 Å². The van der Waals surface area contributed by atoms with Crippen LogP contribution in [0.25, 0.3) is 11.3 Å². The summed E-state index contributed by atoms with van der Waals surface area (Å²) in [5.74, 6) is -0.115. The van der Waals surface area contributed by atoms with E-state index in [4.69, 9.17) is 27.9 Å². The summed E-state index contributed by atoms with van der Waals surface area (Å²) in [5, 5.41) is 11.4. The first kappa shape index (κ1) is 17.3. The van der Waals surface area contributed by atoms with Crippen molar-refractivity contribution < 1.29 is 14.6 Å². The Morgan fingerprint density at radius 1 is 1.33 bits per heavy atom. The van der Waals surface area contributed by atoms with Crippen LogP contribution in [0.4, 0.5) is 0 Å². The van der Waals surface area contributed by atoms with Crippen molar-refractivity contribution in [3.05, 3.63) is 43.8 Å². The van der Waals surface area contributed by atoms with Gasteiger partial charge in [0.05, 0.1) is 49.2 Å². The molecule has 0 saturated carbocycles. The summed E-state index contributed by atoms with van der Waals surface area (Å²) >= 11 is 13.9. The molecule has 0 atom stereocenters. The van der Waals surface area contributed by atoms with E-state index in [2.05, 4.69) is 4.98 Å². The number of aliphatic hydroxyl groups excluding tert-OH is 1. The van der Waals surface area contributed by atoms with Gasteiger partial charge in [0, 0.05) is 0 Å². The topological polar surface area (TPSA) is 59.4 Å². The third-order valence-electron chi connectivity index (χ3n) is 4.00. The van der Waals surface area contributed by atoms with Crippen molar-refractivity contribution in [1.82, 2.24) is 4.98 Å². The van der Waals surface area contributed by atoms with Crippen molar-refractivity contribution in [1.29, 1.82) is 0 Å². The fraction of sp³-hybridized carbons (Fsp3) is 0.250. The Morgan fingerprint density at radius 2 is 2.00 bits per heavy atom. The van der Waals surface area contributed by atoms with Crippen LogP contribution < -0.4 is 4.74 Å². The molecule has 0 radical (unpaired) electrons. The number of aliphatic hydroxyl groups is 1. The second-order valence-electron chi connectivity index (χ2n) is 5.87. The average Bonchev–Trinajstić information content (AvgIpc) is 3.03. The smallest absolute Gasteiger partial charge is 0.179 e. The molecule has 0 aliphatic heterocycles. The zero-order valence-electron chi connectivity index (χ0n) is 13.3. The van der Waals surface area contributed by atoms with Gasteiger partial charge in [-0.25, -0.2) is 4.98 Å². The summed E-state index contributed by atoms with van der Waals surface area (Å²) in [6.07, 6.45) is 0. The van der Waals surface area contributed by atoms with E-state index in [-0.39, 0.29) is 17.1 Å². The number of Topliss-reactive ketones (excluding diaryl/α,β-unsaturated/α-hetero) is 1. The van der Waals surface area contributed by atoms with Gasteiger partial charge in [0.15, 0.2) is 13.6 Å². The van der Waals surface area contributed by atoms with Crippen molar-refractivity contribution in [3.63, 3.8) is 0 Å². The van der Waals surface area contributed by atoms with Crippen LogP contribution in [0.5, 0.6) is 5.75 Å². The molecule has 8 heteroatoms. The number of thiazole rings is 1. The van der Waals surface area contributed by atoms with Crippen molar-refractivity contribution in [2.45, 2.75) is 19.3 Å². The van der Waals surface area contributed by atoms with E-state index in [1.807, 2.05) is 7.85 Å². The third-order valence-corrected chi connectivity index (χ3v) is 5.45. The highest BCUT2D eigenvalue weighted by atomic mass is 35.5. The minimum atomic E-state index is -0.883. The lowest BCUT2D eigenvalue weighted by molar-refractivity contribution is -0.118. The van der Waals surface area contributed by atoms with Crippen LogP contribution in [-0.4, -0.2) is 30.2 Å². The maximum absolute atomic E-state index is 13.1. The summed E-state index contributed by atoms with van der Waals surface area (Å²) in [6.45, 7) is 3.91. The van der Waals surface area contributed by atoms with Crippen LogP contribution in [0, 0.1) is 0 Å². The van der Waals surface area contributed by atoms with Gasteiger partial charge < -0.3 is 9.84 Å². The minimum Gasteiger partial charge on any atom is -0.506 e. The standard InChI is InChI=1S/C16H14BCl2NO3S/c1-16(2)14-13(24-6-20-14)11(21)10(15(16)22)9-7(18)3-4-8(19)12(9)23-5-17/h3-4,6,21H,5,17H2,1-2H3. The Labute approximate surface area is 154 Å². The number of allylic oxidation sites excluding steroid dienone is 1. The molecule has 1 aromatic heterocycles. The number of hydrogen-bond donors (Lipinski definition) is 1. The molecule has 1 aliphatic rings. The van der Waals surface area contributed by atoms with Gasteiger partial charge in [-0.1, -0.05) is 23.2 Å². The fourth-order valence-corrected chi connectivity index (χ4v) is 4.14. The number of ketones is 1. The Bertz CT molecular complexity index is 876.